The van der Waals surface area contributed by atoms with Crippen LogP contribution in [0.15, 0.2) is 54.6 Å². The van der Waals surface area contributed by atoms with E-state index in [1.54, 1.807) is 12.2 Å². The van der Waals surface area contributed by atoms with Crippen molar-refractivity contribution in [3.63, 3.8) is 0 Å². The Bertz CT molecular complexity index is 657. The van der Waals surface area contributed by atoms with Crippen LogP contribution in [0.2, 0.25) is 0 Å². The van der Waals surface area contributed by atoms with Crippen LogP contribution in [0.4, 0.5) is 0 Å². The van der Waals surface area contributed by atoms with Crippen LogP contribution in [0.25, 0.3) is 0 Å². The molecule has 0 aromatic heterocycles. The van der Waals surface area contributed by atoms with Crippen molar-refractivity contribution in [2.24, 2.45) is 11.8 Å². The first-order chi connectivity index (χ1) is 14.0. The molecule has 1 aromatic rings. The summed E-state index contributed by atoms with van der Waals surface area (Å²) in [6.45, 7) is 0.383. The number of hydrogen-bond acceptors (Lipinski definition) is 5. The van der Waals surface area contributed by atoms with Crippen molar-refractivity contribution in [1.82, 2.24) is 0 Å². The average Bonchev–Trinajstić information content (AvgIpc) is 2.96. The van der Waals surface area contributed by atoms with Gasteiger partial charge >= 0.3 is 5.97 Å². The van der Waals surface area contributed by atoms with Crippen molar-refractivity contribution in [3.8, 4) is 5.75 Å². The second-order valence-corrected chi connectivity index (χ2v) is 7.51. The molecule has 4 N–H and O–H groups in total. The van der Waals surface area contributed by atoms with Gasteiger partial charge in [-0.1, -0.05) is 42.5 Å². The summed E-state index contributed by atoms with van der Waals surface area (Å²) in [6, 6.07) is 9.41. The monoisotopic (exact) mass is 404 g/mol. The van der Waals surface area contributed by atoms with E-state index in [1.165, 1.54) is 0 Å². The fourth-order valence-corrected chi connectivity index (χ4v) is 3.62. The molecule has 0 saturated heterocycles. The zero-order chi connectivity index (χ0) is 21.1. The van der Waals surface area contributed by atoms with Crippen molar-refractivity contribution in [2.45, 2.75) is 56.8 Å². The van der Waals surface area contributed by atoms with Crippen LogP contribution >= 0.6 is 0 Å². The zero-order valence-electron chi connectivity index (χ0n) is 16.6. The largest absolute Gasteiger partial charge is 0.493 e. The van der Waals surface area contributed by atoms with Crippen LogP contribution in [-0.4, -0.2) is 51.3 Å². The van der Waals surface area contributed by atoms with E-state index in [1.807, 2.05) is 42.5 Å². The molecular weight excluding hydrogens is 372 g/mol. The molecule has 2 rings (SSSR count). The van der Waals surface area contributed by atoms with Crippen LogP contribution in [0, 0.1) is 11.8 Å². The van der Waals surface area contributed by atoms with Crippen molar-refractivity contribution in [2.75, 3.05) is 6.61 Å². The van der Waals surface area contributed by atoms with Crippen molar-refractivity contribution in [3.05, 3.63) is 54.6 Å². The highest BCUT2D eigenvalue weighted by molar-refractivity contribution is 5.66. The number of allylic oxidation sites excluding steroid dienone is 2. The molecule has 5 atom stereocenters. The molecule has 5 unspecified atom stereocenters. The number of carboxylic acids is 1. The number of carbonyl (C=O) groups is 1. The lowest BCUT2D eigenvalue weighted by molar-refractivity contribution is -0.137. The summed E-state index contributed by atoms with van der Waals surface area (Å²) in [7, 11) is 0. The molecule has 0 radical (unpaired) electrons. The number of para-hydroxylation sites is 1. The molecule has 1 aromatic carbocycles. The zero-order valence-corrected chi connectivity index (χ0v) is 16.6. The third-order valence-electron chi connectivity index (χ3n) is 5.23. The number of unbranched alkanes of at least 4 members (excludes halogenated alkanes) is 1. The Morgan fingerprint density at radius 3 is 2.66 bits per heavy atom. The van der Waals surface area contributed by atoms with Gasteiger partial charge in [0.2, 0.25) is 0 Å². The Balaban J connectivity index is 1.77. The molecule has 1 fully saturated rings. The molecule has 0 aliphatic heterocycles. The van der Waals surface area contributed by atoms with Gasteiger partial charge in [-0.15, -0.1) is 0 Å². The number of benzene rings is 1. The van der Waals surface area contributed by atoms with Gasteiger partial charge in [-0.25, -0.2) is 0 Å². The van der Waals surface area contributed by atoms with E-state index in [2.05, 4.69) is 0 Å². The Labute approximate surface area is 172 Å². The first-order valence-electron chi connectivity index (χ1n) is 10.2. The highest BCUT2D eigenvalue weighted by Crippen LogP contribution is 2.36. The molecule has 0 amide bonds. The maximum atomic E-state index is 10.5. The van der Waals surface area contributed by atoms with E-state index in [-0.39, 0.29) is 18.3 Å². The topological polar surface area (TPSA) is 107 Å². The molecule has 6 nitrogen and oxygen atoms in total. The molecule has 1 aliphatic rings. The van der Waals surface area contributed by atoms with Gasteiger partial charge in [0.15, 0.2) is 0 Å². The van der Waals surface area contributed by atoms with Crippen LogP contribution in [0.3, 0.4) is 0 Å². The van der Waals surface area contributed by atoms with E-state index in [9.17, 15) is 20.1 Å². The second-order valence-electron chi connectivity index (χ2n) is 7.51. The molecule has 0 bridgehead atoms. The smallest absolute Gasteiger partial charge is 0.303 e. The molecule has 0 spiro atoms. The maximum Gasteiger partial charge on any atom is 0.303 e. The number of aliphatic carboxylic acids is 1. The Morgan fingerprint density at radius 2 is 1.93 bits per heavy atom. The summed E-state index contributed by atoms with van der Waals surface area (Å²) in [6.07, 6.45) is 8.19. The second kappa shape index (κ2) is 12.4. The van der Waals surface area contributed by atoms with Crippen LogP contribution in [-0.2, 0) is 4.79 Å². The predicted molar refractivity (Wildman–Crippen MR) is 111 cm³/mol. The lowest BCUT2D eigenvalue weighted by Gasteiger charge is -2.19. The number of hydrogen-bond donors (Lipinski definition) is 4. The Kier molecular flexibility index (Phi) is 9.91. The number of rotatable bonds is 12. The molecule has 6 heteroatoms. The van der Waals surface area contributed by atoms with Gasteiger partial charge in [0, 0.05) is 25.2 Å². The predicted octanol–water partition coefficient (Wildman–Crippen LogP) is 2.93. The third-order valence-corrected chi connectivity index (χ3v) is 5.23. The SMILES string of the molecule is O=C(O)CCC/C=C\CC1C(O)CC(O)C1/C=C/C(O)CCOc1ccccc1. The summed E-state index contributed by atoms with van der Waals surface area (Å²) >= 11 is 0. The minimum Gasteiger partial charge on any atom is -0.493 e. The lowest BCUT2D eigenvalue weighted by Crippen LogP contribution is -2.20. The minimum atomic E-state index is -0.800. The van der Waals surface area contributed by atoms with Gasteiger partial charge in [0.1, 0.15) is 5.75 Å². The fourth-order valence-electron chi connectivity index (χ4n) is 3.62. The molecule has 1 saturated carbocycles. The van der Waals surface area contributed by atoms with Gasteiger partial charge in [-0.2, -0.15) is 0 Å². The standard InChI is InChI=1S/C23H32O6/c24-17(14-15-29-18-8-4-3-5-9-18)12-13-20-19(21(25)16-22(20)26)10-6-1-2-7-11-23(27)28/h1,3-6,8-9,12-13,17,19-22,24-26H,2,7,10-11,14-16H2,(H,27,28)/b6-1-,13-12+. The number of aliphatic hydroxyl groups excluding tert-OH is 3. The van der Waals surface area contributed by atoms with Gasteiger partial charge in [0.05, 0.1) is 24.9 Å². The minimum absolute atomic E-state index is 0.121. The maximum absolute atomic E-state index is 10.5. The van der Waals surface area contributed by atoms with E-state index in [0.717, 1.165) is 5.75 Å². The average molecular weight is 405 g/mol. The van der Waals surface area contributed by atoms with E-state index in [4.69, 9.17) is 9.84 Å². The highest BCUT2D eigenvalue weighted by atomic mass is 16.5. The molecule has 0 heterocycles. The Hall–Kier alpha value is -2.15. The van der Waals surface area contributed by atoms with Crippen LogP contribution < -0.4 is 4.74 Å². The lowest BCUT2D eigenvalue weighted by atomic mass is 9.89. The van der Waals surface area contributed by atoms with E-state index >= 15 is 0 Å². The number of ether oxygens (including phenoxy) is 1. The summed E-state index contributed by atoms with van der Waals surface area (Å²) in [5.41, 5.74) is 0. The van der Waals surface area contributed by atoms with E-state index < -0.39 is 24.3 Å². The molecule has 29 heavy (non-hydrogen) atoms. The summed E-state index contributed by atoms with van der Waals surface area (Å²) in [5.74, 6) is -0.387. The van der Waals surface area contributed by atoms with Gasteiger partial charge < -0.3 is 25.2 Å². The van der Waals surface area contributed by atoms with Gasteiger partial charge in [-0.3, -0.25) is 4.79 Å². The fraction of sp³-hybridized carbons (Fsp3) is 0.522. The third kappa shape index (κ3) is 8.40. The van der Waals surface area contributed by atoms with Crippen molar-refractivity contribution < 1.29 is 30.0 Å². The normalized spacial score (nSPS) is 25.6. The van der Waals surface area contributed by atoms with E-state index in [0.29, 0.717) is 38.7 Å². The summed E-state index contributed by atoms with van der Waals surface area (Å²) in [4.78, 5) is 10.5. The number of aliphatic hydroxyl groups is 3. The quantitative estimate of drug-likeness (QED) is 0.315. The Morgan fingerprint density at radius 1 is 1.17 bits per heavy atom. The molecule has 160 valence electrons. The van der Waals surface area contributed by atoms with Gasteiger partial charge in [-0.05, 0) is 37.3 Å². The van der Waals surface area contributed by atoms with Crippen molar-refractivity contribution >= 4 is 5.97 Å². The first-order valence-corrected chi connectivity index (χ1v) is 10.2. The van der Waals surface area contributed by atoms with Crippen LogP contribution in [0.5, 0.6) is 5.75 Å². The summed E-state index contributed by atoms with van der Waals surface area (Å²) < 4.78 is 5.58. The number of carboxylic acid groups (broad SMARTS) is 1. The van der Waals surface area contributed by atoms with Gasteiger partial charge in [0.25, 0.3) is 0 Å². The van der Waals surface area contributed by atoms with Crippen molar-refractivity contribution in [1.29, 1.82) is 0 Å². The first kappa shape index (κ1) is 23.1. The molecule has 1 aliphatic carbocycles. The highest BCUT2D eigenvalue weighted by Gasteiger charge is 2.39. The summed E-state index contributed by atoms with van der Waals surface area (Å²) in [5, 5.41) is 39.3. The molecular formula is C23H32O6. The van der Waals surface area contributed by atoms with Crippen LogP contribution in [0.1, 0.15) is 38.5 Å².